The second-order valence-corrected chi connectivity index (χ2v) is 7.78. The van der Waals surface area contributed by atoms with Gasteiger partial charge in [0.05, 0.1) is 17.7 Å². The zero-order valence-corrected chi connectivity index (χ0v) is 17.0. The summed E-state index contributed by atoms with van der Waals surface area (Å²) >= 11 is 1.53. The van der Waals surface area contributed by atoms with E-state index in [4.69, 9.17) is 5.73 Å². The summed E-state index contributed by atoms with van der Waals surface area (Å²) in [7, 11) is 0. The Morgan fingerprint density at radius 2 is 1.73 bits per heavy atom. The van der Waals surface area contributed by atoms with Crippen LogP contribution in [0, 0.1) is 12.7 Å². The number of H-pyrrole nitrogens is 1. The van der Waals surface area contributed by atoms with Gasteiger partial charge in [-0.25, -0.2) is 9.37 Å². The lowest BCUT2D eigenvalue weighted by Crippen LogP contribution is -2.13. The third-order valence-corrected chi connectivity index (χ3v) is 5.71. The fourth-order valence-corrected chi connectivity index (χ4v) is 3.73. The smallest absolute Gasteiger partial charge is 0.255 e. The molecule has 0 aliphatic rings. The third kappa shape index (κ3) is 4.36. The minimum Gasteiger partial charge on any atom is -0.397 e. The molecular formula is C23H19FN4OS. The first-order chi connectivity index (χ1) is 14.5. The molecule has 5 nitrogen and oxygen atoms in total. The summed E-state index contributed by atoms with van der Waals surface area (Å²) in [6, 6.07) is 18.8. The predicted molar refractivity (Wildman–Crippen MR) is 118 cm³/mol. The molecule has 4 rings (SSSR count). The number of amides is 1. The molecule has 7 heteroatoms. The van der Waals surface area contributed by atoms with Gasteiger partial charge in [-0.15, -0.1) is 0 Å². The summed E-state index contributed by atoms with van der Waals surface area (Å²) in [4.78, 5) is 21.0. The Balaban J connectivity index is 1.50. The monoisotopic (exact) mass is 418 g/mol. The third-order valence-electron chi connectivity index (χ3n) is 4.59. The second-order valence-electron chi connectivity index (χ2n) is 6.72. The number of carbonyl (C=O) groups excluding carboxylic acids is 1. The number of benzene rings is 3. The summed E-state index contributed by atoms with van der Waals surface area (Å²) in [5, 5.41) is 3.76. The van der Waals surface area contributed by atoms with Crippen molar-refractivity contribution >= 4 is 29.0 Å². The molecule has 0 fully saturated rings. The van der Waals surface area contributed by atoms with Crippen molar-refractivity contribution in [1.29, 1.82) is 0 Å². The van der Waals surface area contributed by atoms with Crippen LogP contribution in [0.4, 0.5) is 15.8 Å². The molecule has 0 atom stereocenters. The van der Waals surface area contributed by atoms with Crippen molar-refractivity contribution in [3.8, 4) is 11.1 Å². The van der Waals surface area contributed by atoms with Gasteiger partial charge in [-0.2, -0.15) is 0 Å². The highest BCUT2D eigenvalue weighted by molar-refractivity contribution is 7.99. The van der Waals surface area contributed by atoms with Crippen molar-refractivity contribution in [3.63, 3.8) is 0 Å². The number of aromatic nitrogens is 2. The topological polar surface area (TPSA) is 83.8 Å². The number of nitrogens with two attached hydrogens (primary N) is 1. The van der Waals surface area contributed by atoms with Crippen molar-refractivity contribution in [1.82, 2.24) is 9.97 Å². The molecule has 30 heavy (non-hydrogen) atoms. The number of nitrogen functional groups attached to an aromatic ring is 1. The number of carbonyl (C=O) groups is 1. The Morgan fingerprint density at radius 1 is 1.03 bits per heavy atom. The highest BCUT2D eigenvalue weighted by Crippen LogP contribution is 2.29. The summed E-state index contributed by atoms with van der Waals surface area (Å²) in [6.45, 7) is 1.96. The van der Waals surface area contributed by atoms with E-state index in [-0.39, 0.29) is 11.7 Å². The van der Waals surface area contributed by atoms with Crippen molar-refractivity contribution in [2.45, 2.75) is 16.8 Å². The maximum Gasteiger partial charge on any atom is 0.255 e. The molecule has 4 N–H and O–H groups in total. The molecule has 0 radical (unpaired) electrons. The second kappa shape index (κ2) is 8.42. The molecule has 150 valence electrons. The largest absolute Gasteiger partial charge is 0.397 e. The van der Waals surface area contributed by atoms with Crippen LogP contribution in [0.1, 0.15) is 16.1 Å². The molecule has 0 bridgehead atoms. The zero-order valence-electron chi connectivity index (χ0n) is 16.1. The van der Waals surface area contributed by atoms with Gasteiger partial charge < -0.3 is 16.0 Å². The SMILES string of the molecule is Cc1[nH]cnc1Sc1ccc(C(=O)Nc2cc(-c3ccc(F)cc3)ccc2N)cc1. The van der Waals surface area contributed by atoms with E-state index in [0.717, 1.165) is 26.7 Å². The average molecular weight is 418 g/mol. The molecule has 0 saturated carbocycles. The maximum absolute atomic E-state index is 13.2. The van der Waals surface area contributed by atoms with E-state index >= 15 is 0 Å². The fourth-order valence-electron chi connectivity index (χ4n) is 2.92. The molecule has 0 spiro atoms. The molecule has 0 aliphatic carbocycles. The number of rotatable bonds is 5. The minimum atomic E-state index is -0.299. The van der Waals surface area contributed by atoms with Gasteiger partial charge in [0.25, 0.3) is 5.91 Å². The van der Waals surface area contributed by atoms with Gasteiger partial charge in [0, 0.05) is 16.2 Å². The van der Waals surface area contributed by atoms with Crippen LogP contribution in [0.5, 0.6) is 0 Å². The number of nitrogens with zero attached hydrogens (tertiary/aromatic N) is 1. The van der Waals surface area contributed by atoms with Gasteiger partial charge in [-0.05, 0) is 66.6 Å². The zero-order chi connectivity index (χ0) is 21.1. The van der Waals surface area contributed by atoms with Gasteiger partial charge in [-0.3, -0.25) is 4.79 Å². The summed E-state index contributed by atoms with van der Waals surface area (Å²) in [6.07, 6.45) is 1.66. The van der Waals surface area contributed by atoms with Crippen molar-refractivity contribution in [2.75, 3.05) is 11.1 Å². The first kappa shape index (κ1) is 19.7. The van der Waals surface area contributed by atoms with Crippen LogP contribution in [0.2, 0.25) is 0 Å². The molecular weight excluding hydrogens is 399 g/mol. The van der Waals surface area contributed by atoms with Crippen LogP contribution < -0.4 is 11.1 Å². The van der Waals surface area contributed by atoms with Crippen LogP contribution in [0.15, 0.2) is 83.0 Å². The lowest BCUT2D eigenvalue weighted by molar-refractivity contribution is 0.102. The molecule has 0 saturated heterocycles. The van der Waals surface area contributed by atoms with E-state index in [9.17, 15) is 9.18 Å². The Kier molecular flexibility index (Phi) is 5.54. The Bertz CT molecular complexity index is 1190. The Labute approximate surface area is 177 Å². The number of hydrogen-bond acceptors (Lipinski definition) is 4. The molecule has 3 aromatic carbocycles. The average Bonchev–Trinajstić information content (AvgIpc) is 3.15. The van der Waals surface area contributed by atoms with Crippen molar-refractivity contribution in [2.24, 2.45) is 0 Å². The number of aryl methyl sites for hydroxylation is 1. The minimum absolute atomic E-state index is 0.259. The van der Waals surface area contributed by atoms with Gasteiger partial charge in [0.2, 0.25) is 0 Å². The van der Waals surface area contributed by atoms with Gasteiger partial charge in [0.1, 0.15) is 10.8 Å². The molecule has 4 aromatic rings. The van der Waals surface area contributed by atoms with Crippen LogP contribution in [0.3, 0.4) is 0 Å². The number of imidazole rings is 1. The van der Waals surface area contributed by atoms with Gasteiger partial charge >= 0.3 is 0 Å². The number of aromatic amines is 1. The summed E-state index contributed by atoms with van der Waals surface area (Å²) in [5.74, 6) is -0.558. The lowest BCUT2D eigenvalue weighted by atomic mass is 10.0. The van der Waals surface area contributed by atoms with E-state index in [1.807, 2.05) is 25.1 Å². The lowest BCUT2D eigenvalue weighted by Gasteiger charge is -2.11. The van der Waals surface area contributed by atoms with E-state index < -0.39 is 0 Å². The van der Waals surface area contributed by atoms with Crippen LogP contribution in [-0.4, -0.2) is 15.9 Å². The number of anilines is 2. The first-order valence-corrected chi connectivity index (χ1v) is 10.1. The van der Waals surface area contributed by atoms with Crippen LogP contribution in [-0.2, 0) is 0 Å². The summed E-state index contributed by atoms with van der Waals surface area (Å²) < 4.78 is 13.2. The highest BCUT2D eigenvalue weighted by Gasteiger charge is 2.11. The molecule has 1 heterocycles. The molecule has 0 aliphatic heterocycles. The van der Waals surface area contributed by atoms with Crippen molar-refractivity contribution in [3.05, 3.63) is 90.1 Å². The van der Waals surface area contributed by atoms with E-state index in [0.29, 0.717) is 16.9 Å². The quantitative estimate of drug-likeness (QED) is 0.373. The number of hydrogen-bond donors (Lipinski definition) is 3. The number of nitrogens with one attached hydrogen (secondary N) is 2. The van der Waals surface area contributed by atoms with Gasteiger partial charge in [-0.1, -0.05) is 30.0 Å². The summed E-state index contributed by atoms with van der Waals surface area (Å²) in [5.41, 5.74) is 10.2. The Hall–Kier alpha value is -3.58. The Morgan fingerprint density at radius 3 is 2.40 bits per heavy atom. The van der Waals surface area contributed by atoms with Crippen molar-refractivity contribution < 1.29 is 9.18 Å². The van der Waals surface area contributed by atoms with Crippen LogP contribution >= 0.6 is 11.8 Å². The molecule has 0 unspecified atom stereocenters. The van der Waals surface area contributed by atoms with Crippen LogP contribution in [0.25, 0.3) is 11.1 Å². The fraction of sp³-hybridized carbons (Fsp3) is 0.0435. The molecule has 1 aromatic heterocycles. The predicted octanol–water partition coefficient (Wildman–Crippen LogP) is 5.51. The molecule has 1 amide bonds. The maximum atomic E-state index is 13.2. The van der Waals surface area contributed by atoms with E-state index in [2.05, 4.69) is 15.3 Å². The van der Waals surface area contributed by atoms with Gasteiger partial charge in [0.15, 0.2) is 0 Å². The van der Waals surface area contributed by atoms with E-state index in [1.54, 1.807) is 42.7 Å². The normalized spacial score (nSPS) is 10.7. The number of halogens is 1. The highest BCUT2D eigenvalue weighted by atomic mass is 32.2. The first-order valence-electron chi connectivity index (χ1n) is 9.24. The standard InChI is InChI=1S/C23H19FN4OS/c1-14-23(27-13-26-14)30-19-9-4-16(5-10-19)22(29)28-21-12-17(6-11-20(21)25)15-2-7-18(24)8-3-15/h2-13H,25H2,1H3,(H,26,27)(H,28,29). The van der Waals surface area contributed by atoms with E-state index in [1.165, 1.54) is 23.9 Å².